The smallest absolute Gasteiger partial charge is 0.311 e. The number of rotatable bonds is 6. The monoisotopic (exact) mass is 310 g/mol. The molecule has 0 amide bonds. The van der Waals surface area contributed by atoms with Gasteiger partial charge in [0.15, 0.2) is 6.29 Å². The Bertz CT molecular complexity index is 383. The van der Waals surface area contributed by atoms with E-state index in [4.69, 9.17) is 9.47 Å². The molecule has 0 aromatic rings. The second-order valence-corrected chi connectivity index (χ2v) is 8.97. The van der Waals surface area contributed by atoms with Crippen LogP contribution in [-0.4, -0.2) is 18.4 Å². The first-order valence-electron chi connectivity index (χ1n) is 9.01. The van der Waals surface area contributed by atoms with Crippen molar-refractivity contribution in [2.24, 2.45) is 29.1 Å². The Balaban J connectivity index is 1.83. The standard InChI is InChI=1S/C19H34O3/c1-12(2)16(11-19(4,5)6)18(20)22-13(3)21-17-10-14-7-8-15(17)9-14/h12-17H,7-11H2,1-6H3. The van der Waals surface area contributed by atoms with Gasteiger partial charge in [0, 0.05) is 0 Å². The maximum Gasteiger partial charge on any atom is 0.311 e. The Hall–Kier alpha value is -0.570. The molecule has 0 aromatic carbocycles. The summed E-state index contributed by atoms with van der Waals surface area (Å²) in [6.45, 7) is 12.6. The first kappa shape index (κ1) is 17.8. The lowest BCUT2D eigenvalue weighted by molar-refractivity contribution is -0.195. The first-order chi connectivity index (χ1) is 10.2. The summed E-state index contributed by atoms with van der Waals surface area (Å²) in [5, 5.41) is 0. The lowest BCUT2D eigenvalue weighted by atomic mass is 9.80. The average Bonchev–Trinajstić information content (AvgIpc) is 2.96. The summed E-state index contributed by atoms with van der Waals surface area (Å²) in [7, 11) is 0. The van der Waals surface area contributed by atoms with Crippen molar-refractivity contribution in [3.63, 3.8) is 0 Å². The van der Waals surface area contributed by atoms with E-state index in [1.54, 1.807) is 0 Å². The van der Waals surface area contributed by atoms with Crippen molar-refractivity contribution >= 4 is 5.97 Å². The molecular weight excluding hydrogens is 276 g/mol. The van der Waals surface area contributed by atoms with Crippen molar-refractivity contribution in [3.8, 4) is 0 Å². The molecule has 2 rings (SSSR count). The Morgan fingerprint density at radius 2 is 1.82 bits per heavy atom. The fourth-order valence-corrected chi connectivity index (χ4v) is 4.13. The molecule has 3 heteroatoms. The second-order valence-electron chi connectivity index (χ2n) is 8.97. The molecule has 0 aromatic heterocycles. The highest BCUT2D eigenvalue weighted by Crippen LogP contribution is 2.46. The van der Waals surface area contributed by atoms with Crippen LogP contribution in [0.3, 0.4) is 0 Å². The summed E-state index contributed by atoms with van der Waals surface area (Å²) in [4.78, 5) is 12.5. The molecule has 0 N–H and O–H groups in total. The van der Waals surface area contributed by atoms with Crippen LogP contribution in [0.2, 0.25) is 0 Å². The highest BCUT2D eigenvalue weighted by Gasteiger charge is 2.41. The summed E-state index contributed by atoms with van der Waals surface area (Å²) in [5.41, 5.74) is 0.128. The van der Waals surface area contributed by atoms with Gasteiger partial charge in [-0.25, -0.2) is 0 Å². The van der Waals surface area contributed by atoms with Gasteiger partial charge in [0.25, 0.3) is 0 Å². The van der Waals surface area contributed by atoms with Gasteiger partial charge in [0.1, 0.15) is 0 Å². The number of hydrogen-bond donors (Lipinski definition) is 0. The van der Waals surface area contributed by atoms with Gasteiger partial charge in [-0.2, -0.15) is 0 Å². The SMILES string of the molecule is CC(OC(=O)C(CC(C)(C)C)C(C)C)OC1CC2CCC1C2. The molecule has 0 saturated heterocycles. The molecule has 2 aliphatic rings. The third kappa shape index (κ3) is 4.71. The fourth-order valence-electron chi connectivity index (χ4n) is 4.13. The molecule has 0 spiro atoms. The van der Waals surface area contributed by atoms with E-state index in [0.29, 0.717) is 17.9 Å². The van der Waals surface area contributed by atoms with Gasteiger partial charge in [-0.05, 0) is 62.2 Å². The summed E-state index contributed by atoms with van der Waals surface area (Å²) in [5.74, 6) is 1.69. The van der Waals surface area contributed by atoms with E-state index in [1.165, 1.54) is 19.3 Å². The lowest BCUT2D eigenvalue weighted by Crippen LogP contribution is -2.33. The summed E-state index contributed by atoms with van der Waals surface area (Å²) >= 11 is 0. The van der Waals surface area contributed by atoms with Crippen LogP contribution in [0.4, 0.5) is 0 Å². The van der Waals surface area contributed by atoms with E-state index >= 15 is 0 Å². The quantitative estimate of drug-likeness (QED) is 0.523. The molecule has 0 heterocycles. The van der Waals surface area contributed by atoms with E-state index in [1.807, 2.05) is 6.92 Å². The number of carbonyl (C=O) groups excluding carboxylic acids is 1. The van der Waals surface area contributed by atoms with Gasteiger partial charge < -0.3 is 9.47 Å². The minimum atomic E-state index is -0.418. The highest BCUT2D eigenvalue weighted by atomic mass is 16.7. The largest absolute Gasteiger partial charge is 0.436 e. The minimum Gasteiger partial charge on any atom is -0.436 e. The second kappa shape index (κ2) is 6.90. The maximum atomic E-state index is 12.5. The fraction of sp³-hybridized carbons (Fsp3) is 0.947. The third-order valence-electron chi connectivity index (χ3n) is 5.26. The third-order valence-corrected chi connectivity index (χ3v) is 5.26. The van der Waals surface area contributed by atoms with E-state index in [0.717, 1.165) is 18.8 Å². The Labute approximate surface area is 136 Å². The van der Waals surface area contributed by atoms with Crippen molar-refractivity contribution < 1.29 is 14.3 Å². The molecule has 2 bridgehead atoms. The van der Waals surface area contributed by atoms with E-state index in [9.17, 15) is 4.79 Å². The molecule has 2 aliphatic carbocycles. The molecule has 5 unspecified atom stereocenters. The molecular formula is C19H34O3. The highest BCUT2D eigenvalue weighted by molar-refractivity contribution is 5.72. The van der Waals surface area contributed by atoms with Gasteiger partial charge in [-0.3, -0.25) is 4.79 Å². The molecule has 2 fully saturated rings. The number of esters is 1. The van der Waals surface area contributed by atoms with Gasteiger partial charge in [0.2, 0.25) is 0 Å². The van der Waals surface area contributed by atoms with Gasteiger partial charge in [-0.15, -0.1) is 0 Å². The summed E-state index contributed by atoms with van der Waals surface area (Å²) < 4.78 is 11.7. The number of ether oxygens (including phenoxy) is 2. The minimum absolute atomic E-state index is 0.0499. The Kier molecular flexibility index (Phi) is 5.58. The van der Waals surface area contributed by atoms with Crippen LogP contribution in [0.5, 0.6) is 0 Å². The van der Waals surface area contributed by atoms with Crippen LogP contribution in [0, 0.1) is 29.1 Å². The summed E-state index contributed by atoms with van der Waals surface area (Å²) in [6, 6.07) is 0. The predicted molar refractivity (Wildman–Crippen MR) is 88.3 cm³/mol. The van der Waals surface area contributed by atoms with Crippen LogP contribution in [0.15, 0.2) is 0 Å². The van der Waals surface area contributed by atoms with Crippen molar-refractivity contribution in [2.75, 3.05) is 0 Å². The van der Waals surface area contributed by atoms with Gasteiger partial charge in [0.05, 0.1) is 12.0 Å². The lowest BCUT2D eigenvalue weighted by Gasteiger charge is -2.30. The van der Waals surface area contributed by atoms with Crippen molar-refractivity contribution in [3.05, 3.63) is 0 Å². The maximum absolute atomic E-state index is 12.5. The zero-order valence-corrected chi connectivity index (χ0v) is 15.2. The number of hydrogen-bond acceptors (Lipinski definition) is 3. The van der Waals surface area contributed by atoms with Crippen LogP contribution in [0.25, 0.3) is 0 Å². The Morgan fingerprint density at radius 1 is 1.14 bits per heavy atom. The molecule has 2 saturated carbocycles. The summed E-state index contributed by atoms with van der Waals surface area (Å²) in [6.07, 6.45) is 5.85. The predicted octanol–water partition coefficient (Wildman–Crippen LogP) is 4.79. The molecule has 0 radical (unpaired) electrons. The molecule has 5 atom stereocenters. The van der Waals surface area contributed by atoms with E-state index in [-0.39, 0.29) is 17.3 Å². The van der Waals surface area contributed by atoms with Gasteiger partial charge >= 0.3 is 5.97 Å². The van der Waals surface area contributed by atoms with Crippen molar-refractivity contribution in [1.82, 2.24) is 0 Å². The Morgan fingerprint density at radius 3 is 2.27 bits per heavy atom. The van der Waals surface area contributed by atoms with Crippen LogP contribution >= 0.6 is 0 Å². The number of fused-ring (bicyclic) bond motifs is 2. The van der Waals surface area contributed by atoms with Crippen LogP contribution in [0.1, 0.15) is 73.6 Å². The molecule has 3 nitrogen and oxygen atoms in total. The van der Waals surface area contributed by atoms with Gasteiger partial charge in [-0.1, -0.05) is 34.6 Å². The normalized spacial score (nSPS) is 30.6. The zero-order chi connectivity index (χ0) is 16.5. The van der Waals surface area contributed by atoms with E-state index in [2.05, 4.69) is 34.6 Å². The number of carbonyl (C=O) groups is 1. The van der Waals surface area contributed by atoms with E-state index < -0.39 is 6.29 Å². The van der Waals surface area contributed by atoms with Crippen LogP contribution < -0.4 is 0 Å². The molecule has 0 aliphatic heterocycles. The van der Waals surface area contributed by atoms with Crippen molar-refractivity contribution in [2.45, 2.75) is 86.0 Å². The van der Waals surface area contributed by atoms with Crippen LogP contribution in [-0.2, 0) is 14.3 Å². The zero-order valence-electron chi connectivity index (χ0n) is 15.2. The molecule has 128 valence electrons. The van der Waals surface area contributed by atoms with Crippen molar-refractivity contribution in [1.29, 1.82) is 0 Å². The topological polar surface area (TPSA) is 35.5 Å². The average molecular weight is 310 g/mol. The molecule has 22 heavy (non-hydrogen) atoms. The first-order valence-corrected chi connectivity index (χ1v) is 9.01.